The van der Waals surface area contributed by atoms with Crippen molar-refractivity contribution >= 4 is 11.7 Å². The van der Waals surface area contributed by atoms with Crippen LogP contribution in [0.15, 0.2) is 18.2 Å². The smallest absolute Gasteiger partial charge is 0.340 e. The van der Waals surface area contributed by atoms with Gasteiger partial charge in [-0.15, -0.1) is 0 Å². The maximum absolute atomic E-state index is 13.3. The number of halogens is 1. The zero-order chi connectivity index (χ0) is 12.7. The molecule has 0 spiro atoms. The molecule has 0 aliphatic heterocycles. The molecule has 0 atom stereocenters. The quantitative estimate of drug-likeness (QED) is 0.719. The highest BCUT2D eigenvalue weighted by Gasteiger charge is 2.14. The Bertz CT molecular complexity index is 382. The number of hydrogen-bond acceptors (Lipinski definition) is 3. The largest absolute Gasteiger partial charge is 0.478 e. The number of hydrogen-bond donors (Lipinski definition) is 2. The van der Waals surface area contributed by atoms with Gasteiger partial charge in [-0.05, 0) is 25.0 Å². The van der Waals surface area contributed by atoms with Gasteiger partial charge in [0.25, 0.3) is 0 Å². The Balaban J connectivity index is 2.58. The number of nitrogens with one attached hydrogen (secondary N) is 1. The third-order valence-corrected chi connectivity index (χ3v) is 2.32. The zero-order valence-electron chi connectivity index (χ0n) is 9.70. The SMILES string of the molecule is COCCCCNc1cccc(F)c1C(=O)O. The first kappa shape index (κ1) is 13.4. The van der Waals surface area contributed by atoms with Crippen molar-refractivity contribution in [2.75, 3.05) is 25.6 Å². The van der Waals surface area contributed by atoms with Gasteiger partial charge in [-0.3, -0.25) is 0 Å². The third-order valence-electron chi connectivity index (χ3n) is 2.32. The average Bonchev–Trinajstić information content (AvgIpc) is 2.28. The van der Waals surface area contributed by atoms with Crippen LogP contribution in [0.2, 0.25) is 0 Å². The average molecular weight is 241 g/mol. The lowest BCUT2D eigenvalue weighted by molar-refractivity contribution is 0.0693. The molecule has 1 aromatic carbocycles. The molecule has 0 aliphatic rings. The van der Waals surface area contributed by atoms with Gasteiger partial charge in [0.1, 0.15) is 11.4 Å². The van der Waals surface area contributed by atoms with Crippen LogP contribution in [0.3, 0.4) is 0 Å². The number of carboxylic acids is 1. The maximum Gasteiger partial charge on any atom is 0.340 e. The number of anilines is 1. The first-order valence-corrected chi connectivity index (χ1v) is 5.41. The second-order valence-corrected chi connectivity index (χ2v) is 3.59. The van der Waals surface area contributed by atoms with Gasteiger partial charge in [0.05, 0.1) is 5.69 Å². The zero-order valence-corrected chi connectivity index (χ0v) is 9.70. The van der Waals surface area contributed by atoms with Crippen LogP contribution in [0.4, 0.5) is 10.1 Å². The van der Waals surface area contributed by atoms with Crippen LogP contribution < -0.4 is 5.32 Å². The molecular weight excluding hydrogens is 225 g/mol. The molecule has 0 bridgehead atoms. The summed E-state index contributed by atoms with van der Waals surface area (Å²) in [5.41, 5.74) is 0.00848. The fraction of sp³-hybridized carbons (Fsp3) is 0.417. The Kier molecular flexibility index (Phi) is 5.42. The first-order chi connectivity index (χ1) is 8.16. The fourth-order valence-corrected chi connectivity index (χ4v) is 1.48. The molecule has 0 amide bonds. The summed E-state index contributed by atoms with van der Waals surface area (Å²) in [6.45, 7) is 1.25. The van der Waals surface area contributed by atoms with Crippen molar-refractivity contribution < 1.29 is 19.0 Å². The normalized spacial score (nSPS) is 10.2. The van der Waals surface area contributed by atoms with Crippen molar-refractivity contribution in [1.82, 2.24) is 0 Å². The Labute approximate surface area is 99.4 Å². The molecule has 5 heteroatoms. The Morgan fingerprint density at radius 3 is 2.88 bits per heavy atom. The van der Waals surface area contributed by atoms with E-state index in [1.54, 1.807) is 13.2 Å². The second-order valence-electron chi connectivity index (χ2n) is 3.59. The molecular formula is C12H16FNO3. The summed E-state index contributed by atoms with van der Waals surface area (Å²) in [5.74, 6) is -1.98. The third kappa shape index (κ3) is 4.03. The van der Waals surface area contributed by atoms with E-state index in [1.807, 2.05) is 0 Å². The standard InChI is InChI=1S/C12H16FNO3/c1-17-8-3-2-7-14-10-6-4-5-9(13)11(10)12(15)16/h4-6,14H,2-3,7-8H2,1H3,(H,15,16). The minimum atomic E-state index is -1.26. The molecule has 4 nitrogen and oxygen atoms in total. The molecule has 0 fully saturated rings. The molecule has 0 aliphatic carbocycles. The van der Waals surface area contributed by atoms with E-state index in [0.29, 0.717) is 18.8 Å². The number of methoxy groups -OCH3 is 1. The molecule has 2 N–H and O–H groups in total. The van der Waals surface area contributed by atoms with Crippen LogP contribution in [0.1, 0.15) is 23.2 Å². The van der Waals surface area contributed by atoms with Crippen LogP contribution in [-0.2, 0) is 4.74 Å². The molecule has 0 saturated heterocycles. The minimum Gasteiger partial charge on any atom is -0.478 e. The Hall–Kier alpha value is -1.62. The molecule has 1 aromatic rings. The van der Waals surface area contributed by atoms with E-state index in [-0.39, 0.29) is 5.56 Å². The lowest BCUT2D eigenvalue weighted by atomic mass is 10.1. The highest BCUT2D eigenvalue weighted by atomic mass is 19.1. The van der Waals surface area contributed by atoms with E-state index in [2.05, 4.69) is 5.32 Å². The van der Waals surface area contributed by atoms with Gasteiger partial charge in [0, 0.05) is 20.3 Å². The topological polar surface area (TPSA) is 58.6 Å². The van der Waals surface area contributed by atoms with E-state index in [1.165, 1.54) is 6.07 Å². The first-order valence-electron chi connectivity index (χ1n) is 5.41. The summed E-state index contributed by atoms with van der Waals surface area (Å²) in [4.78, 5) is 10.9. The van der Waals surface area contributed by atoms with Gasteiger partial charge in [-0.1, -0.05) is 6.07 Å². The van der Waals surface area contributed by atoms with Crippen molar-refractivity contribution in [2.24, 2.45) is 0 Å². The summed E-state index contributed by atoms with van der Waals surface area (Å²) in [6, 6.07) is 4.18. The molecule has 17 heavy (non-hydrogen) atoms. The highest BCUT2D eigenvalue weighted by Crippen LogP contribution is 2.18. The summed E-state index contributed by atoms with van der Waals surface area (Å²) in [6.07, 6.45) is 1.71. The molecule has 0 radical (unpaired) electrons. The summed E-state index contributed by atoms with van der Waals surface area (Å²) < 4.78 is 18.2. The van der Waals surface area contributed by atoms with Crippen molar-refractivity contribution in [3.05, 3.63) is 29.6 Å². The lowest BCUT2D eigenvalue weighted by Gasteiger charge is -2.09. The van der Waals surface area contributed by atoms with E-state index in [4.69, 9.17) is 9.84 Å². The predicted octanol–water partition coefficient (Wildman–Crippen LogP) is 2.36. The van der Waals surface area contributed by atoms with Gasteiger partial charge < -0.3 is 15.2 Å². The predicted molar refractivity (Wildman–Crippen MR) is 63.0 cm³/mol. The Morgan fingerprint density at radius 1 is 1.47 bits per heavy atom. The van der Waals surface area contributed by atoms with Gasteiger partial charge in [-0.25, -0.2) is 9.18 Å². The highest BCUT2D eigenvalue weighted by molar-refractivity contribution is 5.94. The van der Waals surface area contributed by atoms with Gasteiger partial charge >= 0.3 is 5.97 Å². The van der Waals surface area contributed by atoms with Crippen LogP contribution >= 0.6 is 0 Å². The second kappa shape index (κ2) is 6.85. The molecule has 0 heterocycles. The summed E-state index contributed by atoms with van der Waals surface area (Å²) >= 11 is 0. The van der Waals surface area contributed by atoms with Gasteiger partial charge in [0.2, 0.25) is 0 Å². The molecule has 0 unspecified atom stereocenters. The van der Waals surface area contributed by atoms with Crippen LogP contribution in [-0.4, -0.2) is 31.3 Å². The number of aromatic carboxylic acids is 1. The van der Waals surface area contributed by atoms with E-state index < -0.39 is 11.8 Å². The number of benzene rings is 1. The summed E-state index contributed by atoms with van der Waals surface area (Å²) in [5, 5.41) is 11.8. The van der Waals surface area contributed by atoms with Crippen molar-refractivity contribution in [2.45, 2.75) is 12.8 Å². The van der Waals surface area contributed by atoms with Crippen LogP contribution in [0.25, 0.3) is 0 Å². The molecule has 1 rings (SSSR count). The minimum absolute atomic E-state index is 0.306. The Morgan fingerprint density at radius 2 is 2.24 bits per heavy atom. The molecule has 0 saturated carbocycles. The number of rotatable bonds is 7. The van der Waals surface area contributed by atoms with Crippen molar-refractivity contribution in [3.8, 4) is 0 Å². The maximum atomic E-state index is 13.3. The molecule has 0 aromatic heterocycles. The van der Waals surface area contributed by atoms with Crippen LogP contribution in [0, 0.1) is 5.82 Å². The number of carboxylic acid groups (broad SMARTS) is 1. The van der Waals surface area contributed by atoms with E-state index in [9.17, 15) is 9.18 Å². The van der Waals surface area contributed by atoms with Gasteiger partial charge in [0.15, 0.2) is 0 Å². The molecule has 94 valence electrons. The van der Waals surface area contributed by atoms with Gasteiger partial charge in [-0.2, -0.15) is 0 Å². The van der Waals surface area contributed by atoms with Crippen LogP contribution in [0.5, 0.6) is 0 Å². The fourth-order valence-electron chi connectivity index (χ4n) is 1.48. The number of carbonyl (C=O) groups is 1. The van der Waals surface area contributed by atoms with E-state index >= 15 is 0 Å². The summed E-state index contributed by atoms with van der Waals surface area (Å²) in [7, 11) is 1.63. The number of unbranched alkanes of at least 4 members (excludes halogenated alkanes) is 1. The lowest BCUT2D eigenvalue weighted by Crippen LogP contribution is -2.10. The van der Waals surface area contributed by atoms with Crippen molar-refractivity contribution in [3.63, 3.8) is 0 Å². The van der Waals surface area contributed by atoms with E-state index in [0.717, 1.165) is 18.9 Å². The number of ether oxygens (including phenoxy) is 1. The monoisotopic (exact) mass is 241 g/mol. The van der Waals surface area contributed by atoms with Crippen molar-refractivity contribution in [1.29, 1.82) is 0 Å².